The second-order valence-electron chi connectivity index (χ2n) is 8.05. The lowest BCUT2D eigenvalue weighted by molar-refractivity contribution is 0.0923. The van der Waals surface area contributed by atoms with Gasteiger partial charge in [-0.15, -0.1) is 0 Å². The zero-order chi connectivity index (χ0) is 25.2. The molecule has 36 heavy (non-hydrogen) atoms. The molecule has 0 fully saturated rings. The lowest BCUT2D eigenvalue weighted by Gasteiger charge is -2.27. The van der Waals surface area contributed by atoms with E-state index < -0.39 is 11.8 Å². The van der Waals surface area contributed by atoms with Gasteiger partial charge in [-0.05, 0) is 23.3 Å². The highest BCUT2D eigenvalue weighted by molar-refractivity contribution is 6.14. The second kappa shape index (κ2) is 9.29. The third-order valence-electron chi connectivity index (χ3n) is 5.51. The van der Waals surface area contributed by atoms with Gasteiger partial charge in [0, 0.05) is 31.9 Å². The van der Waals surface area contributed by atoms with Crippen molar-refractivity contribution >= 4 is 23.2 Å². The molecule has 4 heterocycles. The number of hydrogen-bond donors (Lipinski definition) is 2. The number of amides is 2. The summed E-state index contributed by atoms with van der Waals surface area (Å²) in [5, 5.41) is 13.2. The Kier molecular flexibility index (Phi) is 5.87. The summed E-state index contributed by atoms with van der Waals surface area (Å²) in [5.74, 6) is 0.631. The molecule has 5 rings (SSSR count). The monoisotopic (exact) mass is 482 g/mol. The standard InChI is InChI=1S/C25H22N8O3/c1-15-11-22-29-20(9-10-33(22)14-19(15)17-7-5-4-6-8-17)30-25(35)23-18(12-27-32(23)3)24(34)26-13-21-28-16(2)36-31-21/h4-12,14H,1,13H2,2-3H3,(H,26,34)(H,29,30,35). The van der Waals surface area contributed by atoms with Gasteiger partial charge in [0.05, 0.1) is 18.3 Å². The summed E-state index contributed by atoms with van der Waals surface area (Å²) in [6.45, 7) is 5.85. The molecule has 0 unspecified atom stereocenters. The lowest BCUT2D eigenvalue weighted by Crippen LogP contribution is -2.35. The van der Waals surface area contributed by atoms with Gasteiger partial charge in [-0.1, -0.05) is 42.1 Å². The van der Waals surface area contributed by atoms with Crippen LogP contribution in [0.4, 0.5) is 0 Å². The SMILES string of the molecule is C=C1C=C2N=C(NC(=O)c3c(C(=O)NCc4noc(C)n4)cnn3C)C=CN2C=C1c1ccccc1. The van der Waals surface area contributed by atoms with Crippen LogP contribution in [0.2, 0.25) is 0 Å². The highest BCUT2D eigenvalue weighted by Crippen LogP contribution is 2.31. The van der Waals surface area contributed by atoms with Crippen LogP contribution in [0.3, 0.4) is 0 Å². The number of rotatable bonds is 5. The fourth-order valence-corrected chi connectivity index (χ4v) is 3.78. The van der Waals surface area contributed by atoms with Crippen LogP contribution in [0.5, 0.6) is 0 Å². The van der Waals surface area contributed by atoms with Crippen molar-refractivity contribution in [1.29, 1.82) is 0 Å². The summed E-state index contributed by atoms with van der Waals surface area (Å²) >= 11 is 0. The number of carbonyl (C=O) groups is 2. The van der Waals surface area contributed by atoms with E-state index in [0.29, 0.717) is 23.4 Å². The van der Waals surface area contributed by atoms with E-state index in [9.17, 15) is 9.59 Å². The van der Waals surface area contributed by atoms with E-state index in [-0.39, 0.29) is 17.8 Å². The molecule has 0 atom stereocenters. The number of aromatic nitrogens is 4. The molecule has 0 aliphatic carbocycles. The van der Waals surface area contributed by atoms with Crippen LogP contribution in [-0.4, -0.2) is 42.5 Å². The van der Waals surface area contributed by atoms with E-state index in [2.05, 4.69) is 37.4 Å². The number of fused-ring (bicyclic) bond motifs is 1. The minimum Gasteiger partial charge on any atom is -0.344 e. The van der Waals surface area contributed by atoms with Crippen LogP contribution in [0.25, 0.3) is 5.57 Å². The summed E-state index contributed by atoms with van der Waals surface area (Å²) in [4.78, 5) is 36.2. The first-order valence-electron chi connectivity index (χ1n) is 11.0. The first-order valence-corrected chi connectivity index (χ1v) is 11.0. The third kappa shape index (κ3) is 4.49. The average Bonchev–Trinajstić information content (AvgIpc) is 3.47. The molecule has 2 aliphatic heterocycles. The zero-order valence-corrected chi connectivity index (χ0v) is 19.6. The van der Waals surface area contributed by atoms with E-state index in [4.69, 9.17) is 4.52 Å². The van der Waals surface area contributed by atoms with E-state index in [1.807, 2.05) is 47.5 Å². The van der Waals surface area contributed by atoms with Crippen molar-refractivity contribution in [3.63, 3.8) is 0 Å². The number of nitrogens with one attached hydrogen (secondary N) is 2. The molecule has 1 aromatic carbocycles. The maximum absolute atomic E-state index is 13.1. The Morgan fingerprint density at radius 1 is 1.17 bits per heavy atom. The van der Waals surface area contributed by atoms with E-state index in [1.165, 1.54) is 10.9 Å². The number of benzene rings is 1. The Morgan fingerprint density at radius 3 is 2.72 bits per heavy atom. The van der Waals surface area contributed by atoms with Gasteiger partial charge in [0.1, 0.15) is 17.4 Å². The van der Waals surface area contributed by atoms with Crippen LogP contribution in [0.15, 0.2) is 88.6 Å². The van der Waals surface area contributed by atoms with Gasteiger partial charge >= 0.3 is 0 Å². The second-order valence-corrected chi connectivity index (χ2v) is 8.05. The lowest BCUT2D eigenvalue weighted by atomic mass is 9.97. The topological polar surface area (TPSA) is 131 Å². The molecule has 0 spiro atoms. The Labute approximate surface area is 206 Å². The van der Waals surface area contributed by atoms with Crippen molar-refractivity contribution in [2.75, 3.05) is 0 Å². The molecule has 11 nitrogen and oxygen atoms in total. The first kappa shape index (κ1) is 22.7. The first-order chi connectivity index (χ1) is 17.4. The number of aliphatic imine (C=N–C) groups is 1. The fourth-order valence-electron chi connectivity index (χ4n) is 3.78. The highest BCUT2D eigenvalue weighted by Gasteiger charge is 2.25. The minimum absolute atomic E-state index is 0.0495. The Hall–Kier alpha value is -5.06. The molecule has 0 saturated heterocycles. The maximum atomic E-state index is 13.1. The van der Waals surface area contributed by atoms with Gasteiger partial charge in [0.15, 0.2) is 5.82 Å². The molecule has 0 bridgehead atoms. The van der Waals surface area contributed by atoms with Crippen molar-refractivity contribution in [3.8, 4) is 0 Å². The van der Waals surface area contributed by atoms with Gasteiger partial charge in [-0.3, -0.25) is 14.3 Å². The van der Waals surface area contributed by atoms with Crippen LogP contribution in [0.1, 0.15) is 38.1 Å². The van der Waals surface area contributed by atoms with Crippen LogP contribution in [0, 0.1) is 6.92 Å². The Morgan fingerprint density at radius 2 is 1.97 bits per heavy atom. The Bertz CT molecular complexity index is 1490. The average molecular weight is 483 g/mol. The Balaban J connectivity index is 1.30. The van der Waals surface area contributed by atoms with Crippen molar-refractivity contribution in [2.24, 2.45) is 12.0 Å². The normalized spacial score (nSPS) is 14.6. The molecular weight excluding hydrogens is 460 g/mol. The van der Waals surface area contributed by atoms with E-state index in [0.717, 1.165) is 16.7 Å². The van der Waals surface area contributed by atoms with Crippen LogP contribution >= 0.6 is 0 Å². The predicted molar refractivity (Wildman–Crippen MR) is 131 cm³/mol. The number of amidine groups is 1. The van der Waals surface area contributed by atoms with Crippen molar-refractivity contribution in [1.82, 2.24) is 35.5 Å². The third-order valence-corrected chi connectivity index (χ3v) is 5.51. The van der Waals surface area contributed by atoms with E-state index in [1.54, 1.807) is 26.2 Å². The number of carbonyl (C=O) groups excluding carboxylic acids is 2. The molecule has 2 N–H and O–H groups in total. The van der Waals surface area contributed by atoms with Crippen molar-refractivity contribution < 1.29 is 14.1 Å². The summed E-state index contributed by atoms with van der Waals surface area (Å²) in [5.41, 5.74) is 3.03. The van der Waals surface area contributed by atoms with Crippen molar-refractivity contribution in [3.05, 3.63) is 108 Å². The maximum Gasteiger partial charge on any atom is 0.275 e. The smallest absolute Gasteiger partial charge is 0.275 e. The summed E-state index contributed by atoms with van der Waals surface area (Å²) in [7, 11) is 1.58. The predicted octanol–water partition coefficient (Wildman–Crippen LogP) is 2.45. The molecule has 0 saturated carbocycles. The minimum atomic E-state index is -0.525. The summed E-state index contributed by atoms with van der Waals surface area (Å²) in [6.07, 6.45) is 8.60. The number of allylic oxidation sites excluding steroid dienone is 3. The summed E-state index contributed by atoms with van der Waals surface area (Å²) in [6, 6.07) is 9.94. The quantitative estimate of drug-likeness (QED) is 0.571. The van der Waals surface area contributed by atoms with Gasteiger partial charge in [0.25, 0.3) is 11.8 Å². The molecule has 3 aromatic rings. The van der Waals surface area contributed by atoms with Gasteiger partial charge < -0.3 is 20.1 Å². The number of aryl methyl sites for hydroxylation is 2. The zero-order valence-electron chi connectivity index (χ0n) is 19.6. The highest BCUT2D eigenvalue weighted by atomic mass is 16.5. The summed E-state index contributed by atoms with van der Waals surface area (Å²) < 4.78 is 6.23. The van der Waals surface area contributed by atoms with Gasteiger partial charge in [-0.25, -0.2) is 4.99 Å². The fraction of sp³-hybridized carbons (Fsp3) is 0.120. The molecule has 2 aliphatic rings. The number of nitrogens with zero attached hydrogens (tertiary/aromatic N) is 6. The van der Waals surface area contributed by atoms with Gasteiger partial charge in [-0.2, -0.15) is 10.1 Å². The molecule has 11 heteroatoms. The van der Waals surface area contributed by atoms with Crippen LogP contribution in [-0.2, 0) is 13.6 Å². The van der Waals surface area contributed by atoms with Crippen molar-refractivity contribution in [2.45, 2.75) is 13.5 Å². The largest absolute Gasteiger partial charge is 0.344 e. The van der Waals surface area contributed by atoms with E-state index >= 15 is 0 Å². The molecular formula is C25H22N8O3. The van der Waals surface area contributed by atoms with Crippen LogP contribution < -0.4 is 10.6 Å². The molecule has 180 valence electrons. The molecule has 2 aromatic heterocycles. The number of hydrogen-bond acceptors (Lipinski definition) is 8. The molecule has 0 radical (unpaired) electrons. The molecule has 2 amide bonds. The van der Waals surface area contributed by atoms with Gasteiger partial charge in [0.2, 0.25) is 5.89 Å².